The first kappa shape index (κ1) is 9.13. The molecule has 1 aliphatic rings. The molecule has 0 atom stereocenters. The number of rotatable bonds is 2. The van der Waals surface area contributed by atoms with Crippen LogP contribution in [0.2, 0.25) is 0 Å². The van der Waals surface area contributed by atoms with Crippen LogP contribution in [0.25, 0.3) is 11.6 Å². The Hall–Kier alpha value is -2.12. The highest BCUT2D eigenvalue weighted by atomic mass is 16.6. The van der Waals surface area contributed by atoms with Gasteiger partial charge in [-0.05, 0) is 28.3 Å². The number of anilines is 2. The SMILES string of the molecule is Nc1nonc1-c1nc(N2CCCC2)no1. The van der Waals surface area contributed by atoms with Gasteiger partial charge in [0.2, 0.25) is 11.5 Å². The molecule has 84 valence electrons. The van der Waals surface area contributed by atoms with Crippen LogP contribution < -0.4 is 10.6 Å². The molecule has 3 rings (SSSR count). The molecule has 2 aromatic rings. The molecule has 3 heterocycles. The smallest absolute Gasteiger partial charge is 0.285 e. The van der Waals surface area contributed by atoms with E-state index >= 15 is 0 Å². The molecule has 2 aromatic heterocycles. The second kappa shape index (κ2) is 3.47. The van der Waals surface area contributed by atoms with Gasteiger partial charge < -0.3 is 15.2 Å². The number of nitrogens with zero attached hydrogens (tertiary/aromatic N) is 5. The summed E-state index contributed by atoms with van der Waals surface area (Å²) in [6.45, 7) is 1.90. The molecule has 0 saturated carbocycles. The van der Waals surface area contributed by atoms with Crippen molar-refractivity contribution in [1.82, 2.24) is 20.5 Å². The number of nitrogen functional groups attached to an aromatic ring is 1. The molecular formula is C8H10N6O2. The van der Waals surface area contributed by atoms with E-state index in [9.17, 15) is 0 Å². The minimum Gasteiger partial charge on any atom is -0.379 e. The Bertz CT molecular complexity index is 486. The zero-order chi connectivity index (χ0) is 11.0. The Balaban J connectivity index is 1.90. The largest absolute Gasteiger partial charge is 0.379 e. The molecule has 0 bridgehead atoms. The fraction of sp³-hybridized carbons (Fsp3) is 0.500. The standard InChI is InChI=1S/C8H10N6O2/c9-6-5(11-16-12-6)7-10-8(13-15-7)14-3-1-2-4-14/h1-4H2,(H2,9,12). The number of hydrogen-bond acceptors (Lipinski definition) is 8. The van der Waals surface area contributed by atoms with Crippen molar-refractivity contribution in [2.75, 3.05) is 23.7 Å². The Morgan fingerprint density at radius 2 is 1.94 bits per heavy atom. The first-order valence-corrected chi connectivity index (χ1v) is 5.01. The lowest BCUT2D eigenvalue weighted by Crippen LogP contribution is -2.18. The monoisotopic (exact) mass is 222 g/mol. The summed E-state index contributed by atoms with van der Waals surface area (Å²) in [5.41, 5.74) is 5.82. The third-order valence-electron chi connectivity index (χ3n) is 2.52. The van der Waals surface area contributed by atoms with E-state index in [2.05, 4.69) is 30.0 Å². The molecule has 16 heavy (non-hydrogen) atoms. The van der Waals surface area contributed by atoms with Gasteiger partial charge in [0, 0.05) is 13.1 Å². The van der Waals surface area contributed by atoms with Gasteiger partial charge in [-0.2, -0.15) is 4.98 Å². The predicted molar refractivity (Wildman–Crippen MR) is 53.4 cm³/mol. The van der Waals surface area contributed by atoms with E-state index < -0.39 is 0 Å². The molecule has 0 spiro atoms. The lowest BCUT2D eigenvalue weighted by Gasteiger charge is -2.09. The van der Waals surface area contributed by atoms with Crippen LogP contribution in [-0.2, 0) is 0 Å². The molecule has 0 aliphatic carbocycles. The van der Waals surface area contributed by atoms with E-state index in [-0.39, 0.29) is 17.4 Å². The summed E-state index contributed by atoms with van der Waals surface area (Å²) in [6.07, 6.45) is 2.30. The van der Waals surface area contributed by atoms with Gasteiger partial charge in [-0.15, -0.1) is 0 Å². The van der Waals surface area contributed by atoms with Crippen LogP contribution in [0.3, 0.4) is 0 Å². The molecule has 0 aromatic carbocycles. The quantitative estimate of drug-likeness (QED) is 0.773. The molecule has 8 nitrogen and oxygen atoms in total. The predicted octanol–water partition coefficient (Wildman–Crippen LogP) is 0.302. The number of aromatic nitrogens is 4. The summed E-state index contributed by atoms with van der Waals surface area (Å²) in [5.74, 6) is 0.951. The molecule has 8 heteroatoms. The Morgan fingerprint density at radius 1 is 1.12 bits per heavy atom. The Kier molecular flexibility index (Phi) is 1.98. The summed E-state index contributed by atoms with van der Waals surface area (Å²) in [6, 6.07) is 0. The molecule has 1 fully saturated rings. The highest BCUT2D eigenvalue weighted by Gasteiger charge is 2.21. The van der Waals surface area contributed by atoms with Gasteiger partial charge in [0.1, 0.15) is 0 Å². The summed E-state index contributed by atoms with van der Waals surface area (Å²) in [5, 5.41) is 10.9. The Morgan fingerprint density at radius 3 is 2.62 bits per heavy atom. The molecular weight excluding hydrogens is 212 g/mol. The Labute approximate surface area is 90.4 Å². The molecule has 0 radical (unpaired) electrons. The minimum atomic E-state index is 0.150. The van der Waals surface area contributed by atoms with Crippen molar-refractivity contribution in [2.45, 2.75) is 12.8 Å². The van der Waals surface area contributed by atoms with Crippen LogP contribution >= 0.6 is 0 Å². The van der Waals surface area contributed by atoms with Crippen molar-refractivity contribution in [3.8, 4) is 11.6 Å². The van der Waals surface area contributed by atoms with Gasteiger partial charge in [0.15, 0.2) is 0 Å². The molecule has 1 saturated heterocycles. The molecule has 0 amide bonds. The lowest BCUT2D eigenvalue weighted by atomic mass is 10.4. The highest BCUT2D eigenvalue weighted by molar-refractivity contribution is 5.61. The zero-order valence-electron chi connectivity index (χ0n) is 8.46. The van der Waals surface area contributed by atoms with Crippen LogP contribution in [0.1, 0.15) is 12.8 Å². The van der Waals surface area contributed by atoms with Gasteiger partial charge in [-0.1, -0.05) is 0 Å². The summed E-state index contributed by atoms with van der Waals surface area (Å²) < 4.78 is 9.53. The van der Waals surface area contributed by atoms with E-state index in [0.717, 1.165) is 25.9 Å². The number of hydrogen-bond donors (Lipinski definition) is 1. The van der Waals surface area contributed by atoms with Crippen molar-refractivity contribution in [1.29, 1.82) is 0 Å². The second-order valence-electron chi connectivity index (χ2n) is 3.59. The van der Waals surface area contributed by atoms with Crippen molar-refractivity contribution >= 4 is 11.8 Å². The van der Waals surface area contributed by atoms with Gasteiger partial charge >= 0.3 is 0 Å². The van der Waals surface area contributed by atoms with Gasteiger partial charge in [-0.25, -0.2) is 4.63 Å². The molecule has 0 unspecified atom stereocenters. The summed E-state index contributed by atoms with van der Waals surface area (Å²) >= 11 is 0. The third-order valence-corrected chi connectivity index (χ3v) is 2.52. The van der Waals surface area contributed by atoms with E-state index in [1.807, 2.05) is 0 Å². The average Bonchev–Trinajstić information content (AvgIpc) is 2.96. The minimum absolute atomic E-state index is 0.150. The summed E-state index contributed by atoms with van der Waals surface area (Å²) in [4.78, 5) is 6.25. The lowest BCUT2D eigenvalue weighted by molar-refractivity contribution is 0.308. The molecule has 1 aliphatic heterocycles. The maximum atomic E-state index is 5.53. The maximum Gasteiger partial charge on any atom is 0.285 e. The van der Waals surface area contributed by atoms with Crippen molar-refractivity contribution in [3.63, 3.8) is 0 Å². The van der Waals surface area contributed by atoms with Crippen molar-refractivity contribution in [3.05, 3.63) is 0 Å². The van der Waals surface area contributed by atoms with Crippen LogP contribution in [0.15, 0.2) is 9.15 Å². The second-order valence-corrected chi connectivity index (χ2v) is 3.59. The van der Waals surface area contributed by atoms with Gasteiger partial charge in [0.25, 0.3) is 11.8 Å². The number of nitrogens with two attached hydrogens (primary N) is 1. The molecule has 2 N–H and O–H groups in total. The maximum absolute atomic E-state index is 5.53. The van der Waals surface area contributed by atoms with Crippen LogP contribution in [0, 0.1) is 0 Å². The fourth-order valence-corrected chi connectivity index (χ4v) is 1.70. The third kappa shape index (κ3) is 1.38. The normalized spacial score (nSPS) is 15.9. The van der Waals surface area contributed by atoms with Crippen LogP contribution in [0.4, 0.5) is 11.8 Å². The van der Waals surface area contributed by atoms with Crippen LogP contribution in [-0.4, -0.2) is 33.5 Å². The van der Waals surface area contributed by atoms with Gasteiger partial charge in [0.05, 0.1) is 0 Å². The highest BCUT2D eigenvalue weighted by Crippen LogP contribution is 2.23. The summed E-state index contributed by atoms with van der Waals surface area (Å²) in [7, 11) is 0. The first-order chi connectivity index (χ1) is 7.84. The van der Waals surface area contributed by atoms with E-state index in [4.69, 9.17) is 10.3 Å². The first-order valence-electron chi connectivity index (χ1n) is 5.01. The van der Waals surface area contributed by atoms with Crippen LogP contribution in [0.5, 0.6) is 0 Å². The fourth-order valence-electron chi connectivity index (χ4n) is 1.70. The topological polar surface area (TPSA) is 107 Å². The van der Waals surface area contributed by atoms with E-state index in [1.165, 1.54) is 0 Å². The van der Waals surface area contributed by atoms with E-state index in [0.29, 0.717) is 5.95 Å². The zero-order valence-corrected chi connectivity index (χ0v) is 8.46. The average molecular weight is 222 g/mol. The van der Waals surface area contributed by atoms with E-state index in [1.54, 1.807) is 0 Å². The van der Waals surface area contributed by atoms with Gasteiger partial charge in [-0.3, -0.25) is 0 Å². The van der Waals surface area contributed by atoms with Crippen molar-refractivity contribution < 1.29 is 9.15 Å². The van der Waals surface area contributed by atoms with Crippen molar-refractivity contribution in [2.24, 2.45) is 0 Å².